The first-order valence-corrected chi connectivity index (χ1v) is 10.1. The lowest BCUT2D eigenvalue weighted by Crippen LogP contribution is -2.37. The summed E-state index contributed by atoms with van der Waals surface area (Å²) in [5.74, 6) is -0.583. The number of sulfonamides is 1. The maximum Gasteiger partial charge on any atom is 0.302 e. The number of carbonyl (C=O) groups excluding carboxylic acids is 1. The number of likely N-dealkylation sites (N-methyl/N-ethyl adjacent to an activating group) is 1. The highest BCUT2D eigenvalue weighted by Gasteiger charge is 2.38. The molecule has 10 heteroatoms. The number of benzene rings is 1. The summed E-state index contributed by atoms with van der Waals surface area (Å²) in [4.78, 5) is 20.3. The van der Waals surface area contributed by atoms with E-state index in [2.05, 4.69) is 15.3 Å². The van der Waals surface area contributed by atoms with Crippen LogP contribution in [0.3, 0.4) is 0 Å². The predicted molar refractivity (Wildman–Crippen MR) is 105 cm³/mol. The Morgan fingerprint density at radius 1 is 1.24 bits per heavy atom. The fraction of sp³-hybridized carbons (Fsp3) is 0.158. The minimum Gasteiger partial charge on any atom is -0.494 e. The van der Waals surface area contributed by atoms with Gasteiger partial charge in [0.15, 0.2) is 11.5 Å². The number of oxazole rings is 1. The predicted octanol–water partition coefficient (Wildman–Crippen LogP) is 2.57. The lowest BCUT2D eigenvalue weighted by molar-refractivity contribution is -0.113. The van der Waals surface area contributed by atoms with Gasteiger partial charge in [-0.2, -0.15) is 4.98 Å². The second-order valence-corrected chi connectivity index (χ2v) is 8.34. The lowest BCUT2D eigenvalue weighted by atomic mass is 10.1. The molecule has 0 saturated heterocycles. The summed E-state index contributed by atoms with van der Waals surface area (Å²) in [6.45, 7) is 1.90. The van der Waals surface area contributed by atoms with Crippen LogP contribution < -0.4 is 5.32 Å². The monoisotopic (exact) mass is 414 g/mol. The number of amides is 1. The van der Waals surface area contributed by atoms with E-state index in [1.54, 1.807) is 18.2 Å². The van der Waals surface area contributed by atoms with Crippen LogP contribution in [0.25, 0.3) is 17.1 Å². The van der Waals surface area contributed by atoms with E-state index in [0.29, 0.717) is 11.3 Å². The number of hydrogen-bond acceptors (Lipinski definition) is 6. The second-order valence-electron chi connectivity index (χ2n) is 6.40. The third-order valence-electron chi connectivity index (χ3n) is 4.55. The summed E-state index contributed by atoms with van der Waals surface area (Å²) in [6, 6.07) is 9.99. The number of aromatic nitrogens is 2. The van der Waals surface area contributed by atoms with E-state index in [-0.39, 0.29) is 22.4 Å². The zero-order chi connectivity index (χ0) is 20.8. The first kappa shape index (κ1) is 18.8. The van der Waals surface area contributed by atoms with Gasteiger partial charge in [0.25, 0.3) is 15.9 Å². The fourth-order valence-corrected chi connectivity index (χ4v) is 4.53. The van der Waals surface area contributed by atoms with Gasteiger partial charge in [0.1, 0.15) is 12.0 Å². The van der Waals surface area contributed by atoms with Crippen LogP contribution in [-0.4, -0.2) is 42.8 Å². The van der Waals surface area contributed by atoms with Crippen LogP contribution in [0.2, 0.25) is 0 Å². The van der Waals surface area contributed by atoms with Gasteiger partial charge >= 0.3 is 6.01 Å². The number of hydrogen-bond donors (Lipinski definition) is 2. The van der Waals surface area contributed by atoms with Gasteiger partial charge in [-0.05, 0) is 31.2 Å². The molecule has 0 radical (unpaired) electrons. The average Bonchev–Trinajstić information content (AvgIpc) is 3.33. The van der Waals surface area contributed by atoms with Crippen LogP contribution in [0.5, 0.6) is 0 Å². The van der Waals surface area contributed by atoms with Crippen molar-refractivity contribution in [2.45, 2.75) is 11.8 Å². The zero-order valence-electron chi connectivity index (χ0n) is 15.9. The largest absolute Gasteiger partial charge is 0.494 e. The fourth-order valence-electron chi connectivity index (χ4n) is 3.13. The highest BCUT2D eigenvalue weighted by molar-refractivity contribution is 7.89. The molecule has 9 nitrogen and oxygen atoms in total. The maximum absolute atomic E-state index is 12.9. The van der Waals surface area contributed by atoms with Gasteiger partial charge in [0.05, 0.1) is 17.7 Å². The smallest absolute Gasteiger partial charge is 0.302 e. The standard InChI is InChI=1S/C19H18N4O5S/c1-11-8-9-13(20-11)14-10-28-19(21-14)22-18(24)16-17(27-3)12-6-4-5-7-15(12)29(25,26)23(16)2/h4-10,20H,1-3H3,(H,21,22,24). The molecule has 2 aromatic heterocycles. The van der Waals surface area contributed by atoms with Crippen LogP contribution in [0.4, 0.5) is 6.01 Å². The van der Waals surface area contributed by atoms with Crippen LogP contribution in [-0.2, 0) is 19.6 Å². The number of ether oxygens (including phenoxy) is 1. The summed E-state index contributed by atoms with van der Waals surface area (Å²) in [5, 5.41) is 2.50. The Kier molecular flexibility index (Phi) is 4.42. The van der Waals surface area contributed by atoms with Gasteiger partial charge < -0.3 is 14.1 Å². The Balaban J connectivity index is 1.71. The topological polar surface area (TPSA) is 118 Å². The van der Waals surface area contributed by atoms with Crippen molar-refractivity contribution in [3.63, 3.8) is 0 Å². The molecule has 0 unspecified atom stereocenters. The Labute approximate surface area is 167 Å². The van der Waals surface area contributed by atoms with Crippen molar-refractivity contribution in [3.05, 3.63) is 59.6 Å². The van der Waals surface area contributed by atoms with Crippen LogP contribution in [0.15, 0.2) is 57.7 Å². The van der Waals surface area contributed by atoms with E-state index in [4.69, 9.17) is 9.15 Å². The lowest BCUT2D eigenvalue weighted by Gasteiger charge is -2.29. The van der Waals surface area contributed by atoms with Gasteiger partial charge in [-0.25, -0.2) is 8.42 Å². The number of H-pyrrole nitrogens is 1. The highest BCUT2D eigenvalue weighted by atomic mass is 32.2. The maximum atomic E-state index is 12.9. The molecule has 0 bridgehead atoms. The molecular weight excluding hydrogens is 396 g/mol. The molecule has 1 aromatic carbocycles. The van der Waals surface area contributed by atoms with Crippen molar-refractivity contribution in [2.75, 3.05) is 19.5 Å². The Morgan fingerprint density at radius 3 is 2.69 bits per heavy atom. The minimum atomic E-state index is -3.91. The third kappa shape index (κ3) is 3.07. The van der Waals surface area contributed by atoms with Crippen molar-refractivity contribution in [1.82, 2.24) is 14.3 Å². The summed E-state index contributed by atoms with van der Waals surface area (Å²) in [6.07, 6.45) is 1.39. The number of fused-ring (bicyclic) bond motifs is 1. The first-order valence-electron chi connectivity index (χ1n) is 8.62. The first-order chi connectivity index (χ1) is 13.8. The Morgan fingerprint density at radius 2 is 2.00 bits per heavy atom. The van der Waals surface area contributed by atoms with E-state index in [1.165, 1.54) is 26.5 Å². The number of aromatic amines is 1. The number of nitrogens with one attached hydrogen (secondary N) is 2. The molecular formula is C19H18N4O5S. The summed E-state index contributed by atoms with van der Waals surface area (Å²) >= 11 is 0. The van der Waals surface area contributed by atoms with Crippen LogP contribution in [0.1, 0.15) is 11.3 Å². The molecule has 1 aliphatic rings. The molecule has 0 atom stereocenters. The molecule has 0 spiro atoms. The summed E-state index contributed by atoms with van der Waals surface area (Å²) < 4.78 is 37.3. The molecule has 150 valence electrons. The second kappa shape index (κ2) is 6.82. The van der Waals surface area contributed by atoms with Crippen molar-refractivity contribution in [2.24, 2.45) is 0 Å². The van der Waals surface area contributed by atoms with E-state index in [9.17, 15) is 13.2 Å². The summed E-state index contributed by atoms with van der Waals surface area (Å²) in [7, 11) is -1.24. The number of nitrogens with zero attached hydrogens (tertiary/aromatic N) is 2. The number of rotatable bonds is 4. The van der Waals surface area contributed by atoms with Crippen LogP contribution >= 0.6 is 0 Å². The van der Waals surface area contributed by atoms with Gasteiger partial charge in [-0.3, -0.25) is 14.4 Å². The van der Waals surface area contributed by atoms with Crippen LogP contribution in [0, 0.1) is 6.92 Å². The van der Waals surface area contributed by atoms with Gasteiger partial charge in [-0.15, -0.1) is 0 Å². The van der Waals surface area contributed by atoms with Crippen molar-refractivity contribution >= 4 is 27.7 Å². The zero-order valence-corrected chi connectivity index (χ0v) is 16.7. The van der Waals surface area contributed by atoms with E-state index in [0.717, 1.165) is 15.7 Å². The van der Waals surface area contributed by atoms with Crippen molar-refractivity contribution in [3.8, 4) is 11.4 Å². The molecule has 0 fully saturated rings. The van der Waals surface area contributed by atoms with E-state index >= 15 is 0 Å². The number of methoxy groups -OCH3 is 1. The molecule has 0 aliphatic carbocycles. The third-order valence-corrected chi connectivity index (χ3v) is 6.37. The summed E-state index contributed by atoms with van der Waals surface area (Å²) in [5.41, 5.74) is 2.34. The molecule has 2 N–H and O–H groups in total. The normalized spacial score (nSPS) is 15.2. The quantitative estimate of drug-likeness (QED) is 0.678. The van der Waals surface area contributed by atoms with E-state index in [1.807, 2.05) is 19.1 Å². The molecule has 4 rings (SSSR count). The van der Waals surface area contributed by atoms with E-state index < -0.39 is 15.9 Å². The molecule has 3 aromatic rings. The molecule has 29 heavy (non-hydrogen) atoms. The Bertz CT molecular complexity index is 1240. The van der Waals surface area contributed by atoms with Gasteiger partial charge in [-0.1, -0.05) is 12.1 Å². The SMILES string of the molecule is COC1=C(C(=O)Nc2nc(-c3ccc(C)[nH]3)co2)N(C)S(=O)(=O)c2ccccc21. The van der Waals surface area contributed by atoms with Crippen molar-refractivity contribution in [1.29, 1.82) is 0 Å². The van der Waals surface area contributed by atoms with Gasteiger partial charge in [0, 0.05) is 18.3 Å². The molecule has 3 heterocycles. The molecule has 1 amide bonds. The number of anilines is 1. The highest BCUT2D eigenvalue weighted by Crippen LogP contribution is 2.36. The minimum absolute atomic E-state index is 0.0649. The molecule has 0 saturated carbocycles. The average molecular weight is 414 g/mol. The number of aryl methyl sites for hydroxylation is 1. The molecule has 1 aliphatic heterocycles. The number of carbonyl (C=O) groups is 1. The van der Waals surface area contributed by atoms with Crippen molar-refractivity contribution < 1.29 is 22.4 Å². The van der Waals surface area contributed by atoms with Gasteiger partial charge in [0.2, 0.25) is 0 Å². The Hall–Kier alpha value is -3.53.